The van der Waals surface area contributed by atoms with Crippen molar-refractivity contribution in [2.45, 2.75) is 38.6 Å². The molecule has 1 N–H and O–H groups in total. The lowest BCUT2D eigenvalue weighted by Crippen LogP contribution is -2.41. The van der Waals surface area contributed by atoms with Crippen molar-refractivity contribution in [1.29, 1.82) is 0 Å². The lowest BCUT2D eigenvalue weighted by Gasteiger charge is -2.37. The van der Waals surface area contributed by atoms with E-state index in [1.54, 1.807) is 0 Å². The van der Waals surface area contributed by atoms with Crippen LogP contribution in [0.2, 0.25) is 5.02 Å². The normalized spacial score (nSPS) is 19.9. The highest BCUT2D eigenvalue weighted by Gasteiger charge is 2.25. The van der Waals surface area contributed by atoms with Crippen LogP contribution >= 0.6 is 11.6 Å². The molecular formula is C14H18ClNO2. The van der Waals surface area contributed by atoms with Gasteiger partial charge in [-0.25, -0.2) is 0 Å². The third-order valence-electron chi connectivity index (χ3n) is 3.51. The van der Waals surface area contributed by atoms with Gasteiger partial charge in [0.2, 0.25) is 0 Å². The van der Waals surface area contributed by atoms with Crippen LogP contribution in [-0.4, -0.2) is 23.7 Å². The first-order chi connectivity index (χ1) is 8.58. The molecule has 1 saturated heterocycles. The summed E-state index contributed by atoms with van der Waals surface area (Å²) >= 11 is 5.96. The number of carbonyl (C=O) groups is 1. The molecule has 1 unspecified atom stereocenters. The Labute approximate surface area is 112 Å². The third kappa shape index (κ3) is 2.96. The van der Waals surface area contributed by atoms with E-state index in [1.165, 1.54) is 0 Å². The zero-order valence-corrected chi connectivity index (χ0v) is 11.3. The maximum Gasteiger partial charge on any atom is 0.305 e. The first-order valence-electron chi connectivity index (χ1n) is 6.32. The van der Waals surface area contributed by atoms with E-state index >= 15 is 0 Å². The Balaban J connectivity index is 2.24. The Morgan fingerprint density at radius 2 is 2.28 bits per heavy atom. The molecule has 1 fully saturated rings. The maximum atomic E-state index is 10.9. The molecule has 4 heteroatoms. The standard InChI is InChI=1S/C14H18ClNO2/c1-10-8-11(15)5-6-13(10)16-7-3-2-4-12(16)9-14(17)18/h5-6,8,12H,2-4,7,9H2,1H3,(H,17,18). The number of nitrogens with zero attached hydrogens (tertiary/aromatic N) is 1. The summed E-state index contributed by atoms with van der Waals surface area (Å²) in [6, 6.07) is 5.91. The number of anilines is 1. The second kappa shape index (κ2) is 5.61. The van der Waals surface area contributed by atoms with Crippen molar-refractivity contribution in [3.8, 4) is 0 Å². The molecule has 1 aromatic carbocycles. The van der Waals surface area contributed by atoms with E-state index in [-0.39, 0.29) is 12.5 Å². The molecule has 0 amide bonds. The number of aryl methyl sites for hydroxylation is 1. The Morgan fingerprint density at radius 1 is 1.50 bits per heavy atom. The molecule has 0 bridgehead atoms. The quantitative estimate of drug-likeness (QED) is 0.911. The van der Waals surface area contributed by atoms with Crippen LogP contribution in [0.4, 0.5) is 5.69 Å². The van der Waals surface area contributed by atoms with Crippen molar-refractivity contribution in [1.82, 2.24) is 0 Å². The Kier molecular flexibility index (Phi) is 4.12. The minimum Gasteiger partial charge on any atom is -0.481 e. The van der Waals surface area contributed by atoms with Gasteiger partial charge in [-0.05, 0) is 49.9 Å². The SMILES string of the molecule is Cc1cc(Cl)ccc1N1CCCCC1CC(=O)O. The van der Waals surface area contributed by atoms with E-state index in [2.05, 4.69) is 4.90 Å². The van der Waals surface area contributed by atoms with Crippen molar-refractivity contribution in [2.24, 2.45) is 0 Å². The second-order valence-corrected chi connectivity index (χ2v) is 5.31. The largest absolute Gasteiger partial charge is 0.481 e. The summed E-state index contributed by atoms with van der Waals surface area (Å²) in [6.45, 7) is 2.95. The van der Waals surface area contributed by atoms with Gasteiger partial charge in [-0.3, -0.25) is 4.79 Å². The van der Waals surface area contributed by atoms with Gasteiger partial charge >= 0.3 is 5.97 Å². The van der Waals surface area contributed by atoms with E-state index < -0.39 is 5.97 Å². The lowest BCUT2D eigenvalue weighted by molar-refractivity contribution is -0.137. The molecule has 1 heterocycles. The average Bonchev–Trinajstić information content (AvgIpc) is 2.30. The molecule has 0 radical (unpaired) electrons. The highest BCUT2D eigenvalue weighted by atomic mass is 35.5. The van der Waals surface area contributed by atoms with Gasteiger partial charge in [-0.1, -0.05) is 11.6 Å². The van der Waals surface area contributed by atoms with Gasteiger partial charge in [0, 0.05) is 23.3 Å². The monoisotopic (exact) mass is 267 g/mol. The van der Waals surface area contributed by atoms with Gasteiger partial charge in [0.25, 0.3) is 0 Å². The van der Waals surface area contributed by atoms with Crippen molar-refractivity contribution >= 4 is 23.3 Å². The zero-order chi connectivity index (χ0) is 13.1. The van der Waals surface area contributed by atoms with Crippen LogP contribution in [0.25, 0.3) is 0 Å². The molecule has 98 valence electrons. The summed E-state index contributed by atoms with van der Waals surface area (Å²) in [7, 11) is 0. The minimum absolute atomic E-state index is 0.108. The van der Waals surface area contributed by atoms with Crippen molar-refractivity contribution in [2.75, 3.05) is 11.4 Å². The summed E-state index contributed by atoms with van der Waals surface area (Å²) < 4.78 is 0. The Bertz CT molecular complexity index is 447. The predicted molar refractivity (Wildman–Crippen MR) is 73.4 cm³/mol. The lowest BCUT2D eigenvalue weighted by atomic mass is 9.97. The molecule has 1 atom stereocenters. The molecule has 0 aromatic heterocycles. The summed E-state index contributed by atoms with van der Waals surface area (Å²) in [4.78, 5) is 13.2. The fraction of sp³-hybridized carbons (Fsp3) is 0.500. The number of benzene rings is 1. The third-order valence-corrected chi connectivity index (χ3v) is 3.74. The van der Waals surface area contributed by atoms with Crippen LogP contribution in [0.1, 0.15) is 31.2 Å². The molecule has 0 saturated carbocycles. The molecule has 1 aromatic rings. The van der Waals surface area contributed by atoms with Crippen LogP contribution in [0, 0.1) is 6.92 Å². The molecule has 1 aliphatic heterocycles. The molecule has 3 nitrogen and oxygen atoms in total. The van der Waals surface area contributed by atoms with Gasteiger partial charge in [0.1, 0.15) is 0 Å². The molecule has 1 aliphatic rings. The summed E-state index contributed by atoms with van der Waals surface area (Å²) in [6.07, 6.45) is 3.40. The number of carboxylic acid groups (broad SMARTS) is 1. The van der Waals surface area contributed by atoms with E-state index in [4.69, 9.17) is 16.7 Å². The molecule has 0 spiro atoms. The number of aliphatic carboxylic acids is 1. The number of hydrogen-bond donors (Lipinski definition) is 1. The Hall–Kier alpha value is -1.22. The number of rotatable bonds is 3. The van der Waals surface area contributed by atoms with E-state index in [1.807, 2.05) is 25.1 Å². The average molecular weight is 268 g/mol. The second-order valence-electron chi connectivity index (χ2n) is 4.87. The smallest absolute Gasteiger partial charge is 0.305 e. The number of halogens is 1. The topological polar surface area (TPSA) is 40.5 Å². The van der Waals surface area contributed by atoms with Crippen molar-refractivity contribution in [3.63, 3.8) is 0 Å². The van der Waals surface area contributed by atoms with Gasteiger partial charge in [0.15, 0.2) is 0 Å². The number of hydrogen-bond acceptors (Lipinski definition) is 2. The molecular weight excluding hydrogens is 250 g/mol. The van der Waals surface area contributed by atoms with Crippen LogP contribution < -0.4 is 4.90 Å². The van der Waals surface area contributed by atoms with Crippen LogP contribution in [0.3, 0.4) is 0 Å². The van der Waals surface area contributed by atoms with Crippen molar-refractivity contribution < 1.29 is 9.90 Å². The van der Waals surface area contributed by atoms with Gasteiger partial charge < -0.3 is 10.0 Å². The van der Waals surface area contributed by atoms with Crippen LogP contribution in [-0.2, 0) is 4.79 Å². The molecule has 18 heavy (non-hydrogen) atoms. The van der Waals surface area contributed by atoms with Gasteiger partial charge in [-0.15, -0.1) is 0 Å². The molecule has 0 aliphatic carbocycles. The molecule has 2 rings (SSSR count). The van der Waals surface area contributed by atoms with E-state index in [0.29, 0.717) is 0 Å². The van der Waals surface area contributed by atoms with E-state index in [0.717, 1.165) is 42.1 Å². The van der Waals surface area contributed by atoms with Crippen LogP contribution in [0.5, 0.6) is 0 Å². The number of piperidine rings is 1. The van der Waals surface area contributed by atoms with Gasteiger partial charge in [-0.2, -0.15) is 0 Å². The van der Waals surface area contributed by atoms with Crippen molar-refractivity contribution in [3.05, 3.63) is 28.8 Å². The summed E-state index contributed by atoms with van der Waals surface area (Å²) in [5.41, 5.74) is 2.23. The number of carboxylic acids is 1. The summed E-state index contributed by atoms with van der Waals surface area (Å²) in [5, 5.41) is 9.72. The first kappa shape index (κ1) is 13.2. The Morgan fingerprint density at radius 3 is 2.94 bits per heavy atom. The highest BCUT2D eigenvalue weighted by Crippen LogP contribution is 2.30. The summed E-state index contributed by atoms with van der Waals surface area (Å²) in [5.74, 6) is -0.724. The fourth-order valence-electron chi connectivity index (χ4n) is 2.67. The van der Waals surface area contributed by atoms with Crippen LogP contribution in [0.15, 0.2) is 18.2 Å². The van der Waals surface area contributed by atoms with Gasteiger partial charge in [0.05, 0.1) is 6.42 Å². The maximum absolute atomic E-state index is 10.9. The predicted octanol–water partition coefficient (Wildman–Crippen LogP) is 3.48. The zero-order valence-electron chi connectivity index (χ0n) is 10.5. The van der Waals surface area contributed by atoms with E-state index in [9.17, 15) is 4.79 Å². The highest BCUT2D eigenvalue weighted by molar-refractivity contribution is 6.30. The first-order valence-corrected chi connectivity index (χ1v) is 6.70. The fourth-order valence-corrected chi connectivity index (χ4v) is 2.90. The minimum atomic E-state index is -0.724.